The molecule has 0 radical (unpaired) electrons. The first-order chi connectivity index (χ1) is 17.7. The molecule has 1 heterocycles. The molecule has 11 heteroatoms. The number of methoxy groups -OCH3 is 1. The average Bonchev–Trinajstić information content (AvgIpc) is 2.86. The Bertz CT molecular complexity index is 1420. The number of carbonyl (C=O) groups is 4. The number of barbiturate groups is 1. The van der Waals surface area contributed by atoms with Gasteiger partial charge in [0.05, 0.1) is 17.8 Å². The summed E-state index contributed by atoms with van der Waals surface area (Å²) in [5, 5.41) is 5.30. The lowest BCUT2D eigenvalue weighted by Crippen LogP contribution is -2.54. The maximum atomic E-state index is 13.0. The molecular formula is C26H19Cl2N3O6. The number of hydrogen-bond acceptors (Lipinski definition) is 6. The van der Waals surface area contributed by atoms with E-state index in [4.69, 9.17) is 32.7 Å². The highest BCUT2D eigenvalue weighted by atomic mass is 35.5. The summed E-state index contributed by atoms with van der Waals surface area (Å²) >= 11 is 12.3. The SMILES string of the molecule is COc1ccc(NC(=O)COc2ccc(/C=C3\C(=O)NC(=O)N(c4cccc(Cl)c4)C3=O)cc2Cl)cc1. The van der Waals surface area contributed by atoms with Crippen molar-refractivity contribution < 1.29 is 28.7 Å². The van der Waals surface area contributed by atoms with Crippen LogP contribution in [0, 0.1) is 0 Å². The first kappa shape index (κ1) is 25.7. The molecule has 1 aliphatic rings. The molecule has 188 valence electrons. The number of hydrogen-bond donors (Lipinski definition) is 2. The van der Waals surface area contributed by atoms with Crippen LogP contribution in [0.1, 0.15) is 5.56 Å². The first-order valence-corrected chi connectivity index (χ1v) is 11.5. The summed E-state index contributed by atoms with van der Waals surface area (Å²) in [6.45, 7) is -0.302. The third-order valence-electron chi connectivity index (χ3n) is 5.17. The number of nitrogens with zero attached hydrogens (tertiary/aromatic N) is 1. The van der Waals surface area contributed by atoms with Crippen LogP contribution < -0.4 is 25.0 Å². The number of benzene rings is 3. The standard InChI is InChI=1S/C26H19Cl2N3O6/c1-36-19-8-6-17(7-9-19)29-23(32)14-37-22-10-5-15(12-21(22)28)11-20-24(33)30-26(35)31(25(20)34)18-4-2-3-16(27)13-18/h2-13H,14H2,1H3,(H,29,32)(H,30,33,35)/b20-11+. The third-order valence-corrected chi connectivity index (χ3v) is 5.70. The van der Waals surface area contributed by atoms with Gasteiger partial charge in [0, 0.05) is 10.7 Å². The molecule has 9 nitrogen and oxygen atoms in total. The van der Waals surface area contributed by atoms with Gasteiger partial charge in [-0.3, -0.25) is 19.7 Å². The summed E-state index contributed by atoms with van der Waals surface area (Å²) in [6.07, 6.45) is 1.30. The molecule has 0 aliphatic carbocycles. The van der Waals surface area contributed by atoms with Gasteiger partial charge in [0.15, 0.2) is 6.61 Å². The number of urea groups is 1. The van der Waals surface area contributed by atoms with Gasteiger partial charge in [0.25, 0.3) is 17.7 Å². The Labute approximate surface area is 221 Å². The molecule has 2 N–H and O–H groups in total. The highest BCUT2D eigenvalue weighted by molar-refractivity contribution is 6.39. The molecule has 0 atom stereocenters. The smallest absolute Gasteiger partial charge is 0.335 e. The largest absolute Gasteiger partial charge is 0.497 e. The second-order valence-corrected chi connectivity index (χ2v) is 8.54. The molecule has 3 aromatic carbocycles. The van der Waals surface area contributed by atoms with Crippen LogP contribution >= 0.6 is 23.2 Å². The monoisotopic (exact) mass is 539 g/mol. The Morgan fingerprint density at radius 2 is 1.78 bits per heavy atom. The number of anilines is 2. The van der Waals surface area contributed by atoms with Gasteiger partial charge >= 0.3 is 6.03 Å². The highest BCUT2D eigenvalue weighted by Crippen LogP contribution is 2.28. The summed E-state index contributed by atoms with van der Waals surface area (Å²) in [5.41, 5.74) is 0.911. The molecule has 1 aliphatic heterocycles. The van der Waals surface area contributed by atoms with E-state index >= 15 is 0 Å². The van der Waals surface area contributed by atoms with Gasteiger partial charge in [0.2, 0.25) is 0 Å². The number of imide groups is 2. The Hall–Kier alpha value is -4.34. The molecule has 0 unspecified atom stereocenters. The lowest BCUT2D eigenvalue weighted by atomic mass is 10.1. The van der Waals surface area contributed by atoms with E-state index in [-0.39, 0.29) is 28.6 Å². The Morgan fingerprint density at radius 3 is 2.46 bits per heavy atom. The summed E-state index contributed by atoms with van der Waals surface area (Å²) in [5.74, 6) is -1.18. The topological polar surface area (TPSA) is 114 Å². The van der Waals surface area contributed by atoms with Crippen molar-refractivity contribution in [3.05, 3.63) is 87.9 Å². The quantitative estimate of drug-likeness (QED) is 0.332. The Morgan fingerprint density at radius 1 is 1.03 bits per heavy atom. The summed E-state index contributed by atoms with van der Waals surface area (Å²) < 4.78 is 10.6. The van der Waals surface area contributed by atoms with E-state index in [9.17, 15) is 19.2 Å². The van der Waals surface area contributed by atoms with E-state index in [1.165, 1.54) is 30.3 Å². The average molecular weight is 540 g/mol. The minimum atomic E-state index is -0.885. The first-order valence-electron chi connectivity index (χ1n) is 10.8. The van der Waals surface area contributed by atoms with Crippen molar-refractivity contribution >= 4 is 64.4 Å². The zero-order valence-corrected chi connectivity index (χ0v) is 20.8. The fraction of sp³-hybridized carbons (Fsp3) is 0.0769. The minimum absolute atomic E-state index is 0.151. The van der Waals surface area contributed by atoms with Crippen molar-refractivity contribution in [2.24, 2.45) is 0 Å². The predicted molar refractivity (Wildman–Crippen MR) is 139 cm³/mol. The van der Waals surface area contributed by atoms with Crippen molar-refractivity contribution in [2.75, 3.05) is 23.9 Å². The number of carbonyl (C=O) groups excluding carboxylic acids is 4. The molecule has 4 rings (SSSR count). The number of nitrogens with one attached hydrogen (secondary N) is 2. The molecule has 5 amide bonds. The van der Waals surface area contributed by atoms with Crippen LogP contribution in [-0.2, 0) is 14.4 Å². The van der Waals surface area contributed by atoms with Crippen molar-refractivity contribution in [1.82, 2.24) is 5.32 Å². The second-order valence-electron chi connectivity index (χ2n) is 7.69. The highest BCUT2D eigenvalue weighted by Gasteiger charge is 2.36. The van der Waals surface area contributed by atoms with E-state index in [0.717, 1.165) is 4.90 Å². The third kappa shape index (κ3) is 6.08. The molecule has 0 bridgehead atoms. The van der Waals surface area contributed by atoms with Gasteiger partial charge in [-0.15, -0.1) is 0 Å². The van der Waals surface area contributed by atoms with E-state index < -0.39 is 23.8 Å². The van der Waals surface area contributed by atoms with Crippen LogP contribution in [-0.4, -0.2) is 37.5 Å². The fourth-order valence-corrected chi connectivity index (χ4v) is 3.84. The van der Waals surface area contributed by atoms with Crippen LogP contribution in [0.15, 0.2) is 72.3 Å². The molecule has 1 fully saturated rings. The lowest BCUT2D eigenvalue weighted by Gasteiger charge is -2.26. The van der Waals surface area contributed by atoms with E-state index in [1.807, 2.05) is 0 Å². The Kier molecular flexibility index (Phi) is 7.76. The number of halogens is 2. The van der Waals surface area contributed by atoms with Crippen LogP contribution in [0.2, 0.25) is 10.0 Å². The van der Waals surface area contributed by atoms with Gasteiger partial charge in [0.1, 0.15) is 17.1 Å². The number of rotatable bonds is 7. The number of ether oxygens (including phenoxy) is 2. The normalized spacial score (nSPS) is 14.4. The zero-order chi connectivity index (χ0) is 26.5. The summed E-state index contributed by atoms with van der Waals surface area (Å²) in [6, 6.07) is 16.6. The molecule has 1 saturated heterocycles. The van der Waals surface area contributed by atoms with Crippen molar-refractivity contribution in [1.29, 1.82) is 0 Å². The molecule has 37 heavy (non-hydrogen) atoms. The number of amides is 5. The van der Waals surface area contributed by atoms with Crippen LogP contribution in [0.3, 0.4) is 0 Å². The molecular weight excluding hydrogens is 521 g/mol. The molecule has 0 spiro atoms. The van der Waals surface area contributed by atoms with Crippen LogP contribution in [0.25, 0.3) is 6.08 Å². The Balaban J connectivity index is 1.45. The van der Waals surface area contributed by atoms with Gasteiger partial charge in [-0.1, -0.05) is 35.3 Å². The molecule has 0 saturated carbocycles. The van der Waals surface area contributed by atoms with Gasteiger partial charge in [-0.25, -0.2) is 9.69 Å². The van der Waals surface area contributed by atoms with Crippen molar-refractivity contribution in [3.8, 4) is 11.5 Å². The fourth-order valence-electron chi connectivity index (χ4n) is 3.41. The molecule has 3 aromatic rings. The van der Waals surface area contributed by atoms with Gasteiger partial charge in [-0.2, -0.15) is 0 Å². The van der Waals surface area contributed by atoms with E-state index in [0.29, 0.717) is 22.0 Å². The maximum absolute atomic E-state index is 13.0. The van der Waals surface area contributed by atoms with Crippen molar-refractivity contribution in [3.63, 3.8) is 0 Å². The van der Waals surface area contributed by atoms with E-state index in [1.54, 1.807) is 49.6 Å². The lowest BCUT2D eigenvalue weighted by molar-refractivity contribution is -0.122. The predicted octanol–water partition coefficient (Wildman–Crippen LogP) is 4.69. The second kappa shape index (κ2) is 11.2. The van der Waals surface area contributed by atoms with Crippen molar-refractivity contribution in [2.45, 2.75) is 0 Å². The molecule has 0 aromatic heterocycles. The van der Waals surface area contributed by atoms with Crippen LogP contribution in [0.5, 0.6) is 11.5 Å². The van der Waals surface area contributed by atoms with E-state index in [2.05, 4.69) is 10.6 Å². The zero-order valence-electron chi connectivity index (χ0n) is 19.3. The summed E-state index contributed by atoms with van der Waals surface area (Å²) in [7, 11) is 1.55. The summed E-state index contributed by atoms with van der Waals surface area (Å²) in [4.78, 5) is 50.7. The van der Waals surface area contributed by atoms with Gasteiger partial charge in [-0.05, 0) is 66.2 Å². The minimum Gasteiger partial charge on any atom is -0.497 e. The van der Waals surface area contributed by atoms with Crippen LogP contribution in [0.4, 0.5) is 16.2 Å². The maximum Gasteiger partial charge on any atom is 0.335 e. The van der Waals surface area contributed by atoms with Gasteiger partial charge < -0.3 is 14.8 Å².